The first-order valence-corrected chi connectivity index (χ1v) is 6.31. The van der Waals surface area contributed by atoms with Gasteiger partial charge in [-0.1, -0.05) is 11.6 Å². The molecule has 1 fully saturated rings. The maximum atomic E-state index is 5.99. The van der Waals surface area contributed by atoms with Crippen LogP contribution in [0.1, 0.15) is 24.0 Å². The van der Waals surface area contributed by atoms with E-state index in [4.69, 9.17) is 16.3 Å². The number of hydrogen-bond donors (Lipinski definition) is 2. The summed E-state index contributed by atoms with van der Waals surface area (Å²) < 4.78 is 5.41. The van der Waals surface area contributed by atoms with E-state index in [0.29, 0.717) is 24.4 Å². The Morgan fingerprint density at radius 2 is 2.18 bits per heavy atom. The second-order valence-corrected chi connectivity index (χ2v) is 4.83. The van der Waals surface area contributed by atoms with Crippen molar-refractivity contribution in [1.82, 2.24) is 15.5 Å². The van der Waals surface area contributed by atoms with Gasteiger partial charge in [0.15, 0.2) is 11.0 Å². The monoisotopic (exact) mass is 254 g/mol. The van der Waals surface area contributed by atoms with Crippen LogP contribution in [0.3, 0.4) is 0 Å². The molecule has 92 valence electrons. The van der Waals surface area contributed by atoms with Gasteiger partial charge < -0.3 is 15.4 Å². The van der Waals surface area contributed by atoms with E-state index in [1.165, 1.54) is 6.42 Å². The number of nitrogens with one attached hydrogen (secondary N) is 2. The van der Waals surface area contributed by atoms with Crippen molar-refractivity contribution in [3.05, 3.63) is 16.3 Å². The fraction of sp³-hybridized carbons (Fsp3) is 0.636. The third-order valence-electron chi connectivity index (χ3n) is 3.27. The van der Waals surface area contributed by atoms with E-state index in [1.54, 1.807) is 0 Å². The van der Waals surface area contributed by atoms with Crippen LogP contribution in [0.25, 0.3) is 0 Å². The summed E-state index contributed by atoms with van der Waals surface area (Å²) in [6.07, 6.45) is 2.35. The molecule has 17 heavy (non-hydrogen) atoms. The summed E-state index contributed by atoms with van der Waals surface area (Å²) >= 11 is 5.99. The lowest BCUT2D eigenvalue weighted by Gasteiger charge is -2.24. The maximum Gasteiger partial charge on any atom is 0.157 e. The molecule has 3 heterocycles. The van der Waals surface area contributed by atoms with Gasteiger partial charge in [0.25, 0.3) is 0 Å². The Morgan fingerprint density at radius 3 is 3.00 bits per heavy atom. The molecule has 0 aromatic carbocycles. The van der Waals surface area contributed by atoms with Crippen LogP contribution in [0.5, 0.6) is 0 Å². The van der Waals surface area contributed by atoms with E-state index in [2.05, 4.69) is 20.8 Å². The number of aromatic nitrogens is 2. The molecule has 0 radical (unpaired) electrons. The van der Waals surface area contributed by atoms with Gasteiger partial charge in [-0.2, -0.15) is 0 Å². The number of hydrogen-bond acceptors (Lipinski definition) is 5. The number of anilines is 1. The number of nitrogens with zero attached hydrogens (tertiary/aromatic N) is 2. The number of ether oxygens (including phenoxy) is 1. The zero-order chi connectivity index (χ0) is 11.7. The van der Waals surface area contributed by atoms with Gasteiger partial charge in [-0.15, -0.1) is 10.2 Å². The number of fused-ring (bicyclic) bond motifs is 1. The van der Waals surface area contributed by atoms with Gasteiger partial charge in [-0.25, -0.2) is 0 Å². The summed E-state index contributed by atoms with van der Waals surface area (Å²) in [5.74, 6) is 0.829. The van der Waals surface area contributed by atoms with Gasteiger partial charge in [0.1, 0.15) is 0 Å². The number of rotatable bonds is 2. The van der Waals surface area contributed by atoms with Crippen molar-refractivity contribution in [3.8, 4) is 0 Å². The highest BCUT2D eigenvalue weighted by molar-refractivity contribution is 6.30. The highest BCUT2D eigenvalue weighted by atomic mass is 35.5. The first-order chi connectivity index (χ1) is 8.34. The molecule has 0 saturated carbocycles. The number of piperidine rings is 1. The molecular weight excluding hydrogens is 240 g/mol. The molecule has 3 rings (SSSR count). The van der Waals surface area contributed by atoms with Crippen LogP contribution < -0.4 is 10.6 Å². The Bertz CT molecular complexity index is 420. The standard InChI is InChI=1S/C11H15ClN4O/c12-10-8-5-17-6-9(8)11(16-15-10)14-7-2-1-3-13-4-7/h7,13H,1-6H2,(H,14,16)/t7-/m1/s1. The highest BCUT2D eigenvalue weighted by Gasteiger charge is 2.23. The smallest absolute Gasteiger partial charge is 0.157 e. The average molecular weight is 255 g/mol. The molecule has 0 aliphatic carbocycles. The van der Waals surface area contributed by atoms with Crippen LogP contribution in [-0.2, 0) is 18.0 Å². The molecule has 0 amide bonds. The zero-order valence-electron chi connectivity index (χ0n) is 9.50. The first-order valence-electron chi connectivity index (χ1n) is 5.93. The van der Waals surface area contributed by atoms with Crippen molar-refractivity contribution in [1.29, 1.82) is 0 Å². The van der Waals surface area contributed by atoms with E-state index in [1.807, 2.05) is 0 Å². The topological polar surface area (TPSA) is 59.1 Å². The summed E-state index contributed by atoms with van der Waals surface area (Å²) in [5, 5.41) is 15.4. The second-order valence-electron chi connectivity index (χ2n) is 4.48. The van der Waals surface area contributed by atoms with Crippen molar-refractivity contribution >= 4 is 17.4 Å². The van der Waals surface area contributed by atoms with Crippen LogP contribution >= 0.6 is 11.6 Å². The normalized spacial score (nSPS) is 23.5. The maximum absolute atomic E-state index is 5.99. The fourth-order valence-corrected chi connectivity index (χ4v) is 2.53. The molecule has 5 nitrogen and oxygen atoms in total. The summed E-state index contributed by atoms with van der Waals surface area (Å²) in [5.41, 5.74) is 2.04. The molecule has 6 heteroatoms. The summed E-state index contributed by atoms with van der Waals surface area (Å²) in [6, 6.07) is 0.420. The lowest BCUT2D eigenvalue weighted by Crippen LogP contribution is -2.38. The minimum absolute atomic E-state index is 0.420. The molecule has 2 aliphatic rings. The molecule has 1 aromatic rings. The average Bonchev–Trinajstić information content (AvgIpc) is 2.84. The van der Waals surface area contributed by atoms with Crippen LogP contribution in [0.2, 0.25) is 5.15 Å². The predicted molar refractivity (Wildman–Crippen MR) is 65.0 cm³/mol. The Balaban J connectivity index is 1.81. The molecule has 1 atom stereocenters. The molecular formula is C11H15ClN4O. The Hall–Kier alpha value is -0.910. The van der Waals surface area contributed by atoms with Crippen LogP contribution in [0.4, 0.5) is 5.82 Å². The Morgan fingerprint density at radius 1 is 1.29 bits per heavy atom. The van der Waals surface area contributed by atoms with Crippen molar-refractivity contribution in [2.75, 3.05) is 18.4 Å². The molecule has 2 N–H and O–H groups in total. The van der Waals surface area contributed by atoms with Gasteiger partial charge >= 0.3 is 0 Å². The molecule has 0 spiro atoms. The molecule has 0 bridgehead atoms. The van der Waals surface area contributed by atoms with Crippen LogP contribution in [0, 0.1) is 0 Å². The molecule has 1 aromatic heterocycles. The van der Waals surface area contributed by atoms with E-state index in [9.17, 15) is 0 Å². The lowest BCUT2D eigenvalue weighted by molar-refractivity contribution is 0.134. The van der Waals surface area contributed by atoms with E-state index < -0.39 is 0 Å². The minimum Gasteiger partial charge on any atom is -0.372 e. The van der Waals surface area contributed by atoms with Crippen molar-refractivity contribution < 1.29 is 4.74 Å². The van der Waals surface area contributed by atoms with E-state index in [-0.39, 0.29) is 0 Å². The Kier molecular flexibility index (Phi) is 3.13. The van der Waals surface area contributed by atoms with Crippen LogP contribution in [0.15, 0.2) is 0 Å². The summed E-state index contributed by atoms with van der Waals surface area (Å²) in [4.78, 5) is 0. The second kappa shape index (κ2) is 4.76. The largest absolute Gasteiger partial charge is 0.372 e. The van der Waals surface area contributed by atoms with Gasteiger partial charge in [0.05, 0.1) is 13.2 Å². The van der Waals surface area contributed by atoms with Gasteiger partial charge in [-0.05, 0) is 19.4 Å². The number of halogens is 1. The highest BCUT2D eigenvalue weighted by Crippen LogP contribution is 2.30. The van der Waals surface area contributed by atoms with Gasteiger partial charge in [0.2, 0.25) is 0 Å². The Labute approximate surface area is 105 Å². The fourth-order valence-electron chi connectivity index (χ4n) is 2.32. The molecule has 0 unspecified atom stereocenters. The molecule has 2 aliphatic heterocycles. The van der Waals surface area contributed by atoms with Crippen molar-refractivity contribution in [2.45, 2.75) is 32.1 Å². The molecule has 1 saturated heterocycles. The van der Waals surface area contributed by atoms with E-state index >= 15 is 0 Å². The third kappa shape index (κ3) is 2.22. The predicted octanol–water partition coefficient (Wildman–Crippen LogP) is 1.32. The first kappa shape index (κ1) is 11.2. The van der Waals surface area contributed by atoms with Crippen LogP contribution in [-0.4, -0.2) is 29.3 Å². The SMILES string of the molecule is Clc1nnc(N[C@@H]2CCCNC2)c2c1COC2. The minimum atomic E-state index is 0.420. The van der Waals surface area contributed by atoms with Gasteiger partial charge in [0, 0.05) is 23.7 Å². The quantitative estimate of drug-likeness (QED) is 0.834. The summed E-state index contributed by atoms with van der Waals surface area (Å²) in [7, 11) is 0. The zero-order valence-corrected chi connectivity index (χ0v) is 10.3. The van der Waals surface area contributed by atoms with Gasteiger partial charge in [-0.3, -0.25) is 0 Å². The van der Waals surface area contributed by atoms with E-state index in [0.717, 1.165) is 36.5 Å². The third-order valence-corrected chi connectivity index (χ3v) is 3.57. The van der Waals surface area contributed by atoms with Crippen molar-refractivity contribution in [2.24, 2.45) is 0 Å². The van der Waals surface area contributed by atoms with Crippen molar-refractivity contribution in [3.63, 3.8) is 0 Å². The summed E-state index contributed by atoms with van der Waals surface area (Å²) in [6.45, 7) is 3.19. The lowest BCUT2D eigenvalue weighted by atomic mass is 10.1.